The molecule has 2 aromatic rings. The van der Waals surface area contributed by atoms with Gasteiger partial charge in [-0.05, 0) is 29.8 Å². The Morgan fingerprint density at radius 2 is 2.19 bits per heavy atom. The average molecular weight is 404 g/mol. The van der Waals surface area contributed by atoms with Crippen molar-refractivity contribution in [3.05, 3.63) is 57.8 Å². The highest BCUT2D eigenvalue weighted by Gasteiger charge is 2.40. The quantitative estimate of drug-likeness (QED) is 0.849. The van der Waals surface area contributed by atoms with Gasteiger partial charge in [0.2, 0.25) is 5.91 Å². The molecule has 138 valence electrons. The Morgan fingerprint density at radius 3 is 2.89 bits per heavy atom. The highest BCUT2D eigenvalue weighted by molar-refractivity contribution is 6.35. The van der Waals surface area contributed by atoms with Gasteiger partial charge in [0.15, 0.2) is 5.69 Å². The Bertz CT molecular complexity index is 944. The third kappa shape index (κ3) is 3.82. The van der Waals surface area contributed by atoms with Crippen LogP contribution in [0.15, 0.2) is 36.5 Å². The number of rotatable bonds is 4. The van der Waals surface area contributed by atoms with Crippen LogP contribution in [0.4, 0.5) is 10.5 Å². The smallest absolute Gasteiger partial charge is 0.325 e. The van der Waals surface area contributed by atoms with Crippen LogP contribution in [0.5, 0.6) is 0 Å². The number of halogens is 2. The van der Waals surface area contributed by atoms with E-state index in [1.54, 1.807) is 37.4 Å². The summed E-state index contributed by atoms with van der Waals surface area (Å²) < 4.78 is 0. The maximum absolute atomic E-state index is 12.6. The zero-order valence-electron chi connectivity index (χ0n) is 14.3. The van der Waals surface area contributed by atoms with Crippen LogP contribution in [-0.4, -0.2) is 41.5 Å². The van der Waals surface area contributed by atoms with E-state index < -0.39 is 6.04 Å². The number of pyridine rings is 1. The molecule has 3 amide bonds. The summed E-state index contributed by atoms with van der Waals surface area (Å²) in [5.74, 6) is -0.318. The lowest BCUT2D eigenvalue weighted by Gasteiger charge is -2.17. The normalized spacial score (nSPS) is 16.4. The van der Waals surface area contributed by atoms with Crippen molar-refractivity contribution < 1.29 is 9.59 Å². The number of hydrogen-bond acceptors (Lipinski definition) is 4. The van der Waals surface area contributed by atoms with E-state index in [2.05, 4.69) is 10.3 Å². The molecule has 0 bridgehead atoms. The van der Waals surface area contributed by atoms with Gasteiger partial charge in [-0.3, -0.25) is 9.69 Å². The number of urea groups is 1. The molecule has 1 atom stereocenters. The maximum Gasteiger partial charge on any atom is 0.325 e. The van der Waals surface area contributed by atoms with Gasteiger partial charge in [-0.1, -0.05) is 29.3 Å². The average Bonchev–Trinajstić information content (AvgIpc) is 2.96. The monoisotopic (exact) mass is 403 g/mol. The molecule has 27 heavy (non-hydrogen) atoms. The molecule has 3 rings (SSSR count). The van der Waals surface area contributed by atoms with E-state index in [1.165, 1.54) is 16.0 Å². The highest BCUT2D eigenvalue weighted by Crippen LogP contribution is 2.25. The summed E-state index contributed by atoms with van der Waals surface area (Å²) in [5.41, 5.74) is 1.23. The molecule has 1 saturated heterocycles. The molecular weight excluding hydrogens is 389 g/mol. The van der Waals surface area contributed by atoms with E-state index >= 15 is 0 Å². The first-order chi connectivity index (χ1) is 12.9. The molecule has 1 N–H and O–H groups in total. The van der Waals surface area contributed by atoms with Crippen molar-refractivity contribution >= 4 is 40.8 Å². The van der Waals surface area contributed by atoms with Crippen molar-refractivity contribution in [3.63, 3.8) is 0 Å². The maximum atomic E-state index is 12.6. The number of carbonyl (C=O) groups excluding carboxylic acids is 2. The fraction of sp³-hybridized carbons (Fsp3) is 0.222. The SMILES string of the molecule is CN1C(=O)N(c2cccnc2C#N)C[C@H]1C(=O)NCc1ccc(Cl)cc1Cl. The predicted molar refractivity (Wildman–Crippen MR) is 102 cm³/mol. The lowest BCUT2D eigenvalue weighted by Crippen LogP contribution is -2.43. The van der Waals surface area contributed by atoms with Crippen molar-refractivity contribution in [3.8, 4) is 6.07 Å². The molecule has 0 unspecified atom stereocenters. The summed E-state index contributed by atoms with van der Waals surface area (Å²) >= 11 is 12.0. The molecule has 0 spiro atoms. The number of nitrogens with one attached hydrogen (secondary N) is 1. The highest BCUT2D eigenvalue weighted by atomic mass is 35.5. The van der Waals surface area contributed by atoms with E-state index in [0.717, 1.165) is 5.56 Å². The van der Waals surface area contributed by atoms with E-state index in [1.807, 2.05) is 6.07 Å². The molecule has 0 saturated carbocycles. The Balaban J connectivity index is 1.72. The molecule has 0 aliphatic carbocycles. The molecule has 1 aromatic heterocycles. The van der Waals surface area contributed by atoms with Gasteiger partial charge >= 0.3 is 6.03 Å². The van der Waals surface area contributed by atoms with Gasteiger partial charge in [0.25, 0.3) is 0 Å². The molecular formula is C18H15Cl2N5O2. The molecule has 9 heteroatoms. The predicted octanol–water partition coefficient (Wildman–Crippen LogP) is 2.82. The molecule has 7 nitrogen and oxygen atoms in total. The van der Waals surface area contributed by atoms with Crippen molar-refractivity contribution in [1.82, 2.24) is 15.2 Å². The first kappa shape index (κ1) is 19.0. The van der Waals surface area contributed by atoms with Crippen LogP contribution in [0, 0.1) is 11.3 Å². The zero-order valence-corrected chi connectivity index (χ0v) is 15.8. The Labute approximate surface area is 166 Å². The van der Waals surface area contributed by atoms with Gasteiger partial charge in [0.1, 0.15) is 12.1 Å². The van der Waals surface area contributed by atoms with Crippen LogP contribution in [0.2, 0.25) is 10.0 Å². The number of aromatic nitrogens is 1. The number of anilines is 1. The number of amides is 3. The van der Waals surface area contributed by atoms with Crippen molar-refractivity contribution in [1.29, 1.82) is 5.26 Å². The molecule has 0 radical (unpaired) electrons. The minimum atomic E-state index is -0.699. The fourth-order valence-corrected chi connectivity index (χ4v) is 3.30. The van der Waals surface area contributed by atoms with Crippen LogP contribution >= 0.6 is 23.2 Å². The van der Waals surface area contributed by atoms with E-state index in [9.17, 15) is 14.9 Å². The van der Waals surface area contributed by atoms with Crippen LogP contribution in [0.25, 0.3) is 0 Å². The molecule has 1 aromatic carbocycles. The van der Waals surface area contributed by atoms with Gasteiger partial charge < -0.3 is 10.2 Å². The van der Waals surface area contributed by atoms with E-state index in [0.29, 0.717) is 15.7 Å². The summed E-state index contributed by atoms with van der Waals surface area (Å²) in [6.45, 7) is 0.333. The minimum absolute atomic E-state index is 0.121. The summed E-state index contributed by atoms with van der Waals surface area (Å²) in [5, 5.41) is 12.9. The number of nitriles is 1. The van der Waals surface area contributed by atoms with Crippen molar-refractivity contribution in [2.75, 3.05) is 18.5 Å². The van der Waals surface area contributed by atoms with E-state index in [-0.39, 0.29) is 30.7 Å². The molecule has 2 heterocycles. The second-order valence-electron chi connectivity index (χ2n) is 5.96. The number of hydrogen-bond donors (Lipinski definition) is 1. The standard InChI is InChI=1S/C18H15Cl2N5O2/c1-24-16(17(26)23-9-11-4-5-12(19)7-13(11)20)10-25(18(24)27)15-3-2-6-22-14(15)8-21/h2-7,16H,9-10H2,1H3,(H,23,26)/t16-/m0/s1. The lowest BCUT2D eigenvalue weighted by atomic mass is 10.2. The second-order valence-corrected chi connectivity index (χ2v) is 6.80. The van der Waals surface area contributed by atoms with Crippen molar-refractivity contribution in [2.45, 2.75) is 12.6 Å². The lowest BCUT2D eigenvalue weighted by molar-refractivity contribution is -0.124. The third-order valence-electron chi connectivity index (χ3n) is 4.31. The van der Waals surface area contributed by atoms with Crippen LogP contribution in [-0.2, 0) is 11.3 Å². The minimum Gasteiger partial charge on any atom is -0.350 e. The largest absolute Gasteiger partial charge is 0.350 e. The molecule has 1 fully saturated rings. The first-order valence-electron chi connectivity index (χ1n) is 8.03. The summed E-state index contributed by atoms with van der Waals surface area (Å²) in [6.07, 6.45) is 1.48. The van der Waals surface area contributed by atoms with Crippen LogP contribution in [0.3, 0.4) is 0 Å². The number of benzene rings is 1. The Hall–Kier alpha value is -2.82. The third-order valence-corrected chi connectivity index (χ3v) is 4.90. The summed E-state index contributed by atoms with van der Waals surface area (Å²) in [6, 6.07) is 9.18. The summed E-state index contributed by atoms with van der Waals surface area (Å²) in [4.78, 5) is 31.8. The fourth-order valence-electron chi connectivity index (χ4n) is 2.82. The van der Waals surface area contributed by atoms with Crippen molar-refractivity contribution in [2.24, 2.45) is 0 Å². The van der Waals surface area contributed by atoms with E-state index in [4.69, 9.17) is 23.2 Å². The molecule has 1 aliphatic heterocycles. The Morgan fingerprint density at radius 1 is 1.41 bits per heavy atom. The molecule has 1 aliphatic rings. The van der Waals surface area contributed by atoms with Gasteiger partial charge in [-0.2, -0.15) is 5.26 Å². The number of carbonyl (C=O) groups is 2. The van der Waals surface area contributed by atoms with Gasteiger partial charge in [0, 0.05) is 29.8 Å². The second kappa shape index (κ2) is 7.82. The summed E-state index contributed by atoms with van der Waals surface area (Å²) in [7, 11) is 1.55. The van der Waals surface area contributed by atoms with Gasteiger partial charge in [-0.25, -0.2) is 9.78 Å². The van der Waals surface area contributed by atoms with Gasteiger partial charge in [-0.15, -0.1) is 0 Å². The number of likely N-dealkylation sites (N-methyl/N-ethyl adjacent to an activating group) is 1. The van der Waals surface area contributed by atoms with Crippen LogP contribution < -0.4 is 10.2 Å². The topological polar surface area (TPSA) is 89.3 Å². The zero-order chi connectivity index (χ0) is 19.6. The van der Waals surface area contributed by atoms with Gasteiger partial charge in [0.05, 0.1) is 12.2 Å². The first-order valence-corrected chi connectivity index (χ1v) is 8.79. The van der Waals surface area contributed by atoms with Crippen LogP contribution in [0.1, 0.15) is 11.3 Å². The number of nitrogens with zero attached hydrogens (tertiary/aromatic N) is 4. The Kier molecular flexibility index (Phi) is 5.49.